The Morgan fingerprint density at radius 2 is 1.68 bits per heavy atom. The van der Waals surface area contributed by atoms with Crippen LogP contribution in [-0.4, -0.2) is 66.3 Å². The average molecular weight is 463 g/mol. The molecule has 1 fully saturated rings. The zero-order chi connectivity index (χ0) is 24.2. The van der Waals surface area contributed by atoms with Gasteiger partial charge in [-0.25, -0.2) is 0 Å². The summed E-state index contributed by atoms with van der Waals surface area (Å²) in [6, 6.07) is 13.9. The second-order valence-electron chi connectivity index (χ2n) is 7.88. The molecule has 10 nitrogen and oxygen atoms in total. The summed E-state index contributed by atoms with van der Waals surface area (Å²) < 4.78 is 10.6. The molecule has 2 heterocycles. The molecule has 0 saturated carbocycles. The van der Waals surface area contributed by atoms with Crippen molar-refractivity contribution >= 4 is 17.4 Å². The molecule has 34 heavy (non-hydrogen) atoms. The van der Waals surface area contributed by atoms with Crippen LogP contribution in [0.15, 0.2) is 48.5 Å². The van der Waals surface area contributed by atoms with Gasteiger partial charge in [-0.05, 0) is 49.4 Å². The topological polar surface area (TPSA) is 111 Å². The quantitative estimate of drug-likeness (QED) is 0.404. The standard InChI is InChI=1S/C24H25N5O5/c1-16-14-18(4-7-20(16)29(31)32)24(30)28-12-10-27(11-13-28)23-9-6-19(25-26-23)17-5-8-21(33-2)22(15-17)34-3/h4-9,14-15H,10-13H2,1-3H3. The van der Waals surface area contributed by atoms with Crippen molar-refractivity contribution < 1.29 is 19.2 Å². The minimum Gasteiger partial charge on any atom is -0.493 e. The van der Waals surface area contributed by atoms with Crippen molar-refractivity contribution in [3.63, 3.8) is 0 Å². The summed E-state index contributed by atoms with van der Waals surface area (Å²) in [6.45, 7) is 3.91. The number of nitrogens with zero attached hydrogens (tertiary/aromatic N) is 5. The molecule has 1 aliphatic heterocycles. The molecule has 0 N–H and O–H groups in total. The van der Waals surface area contributed by atoms with Crippen LogP contribution in [0.1, 0.15) is 15.9 Å². The normalized spacial score (nSPS) is 13.5. The largest absolute Gasteiger partial charge is 0.493 e. The monoisotopic (exact) mass is 463 g/mol. The van der Waals surface area contributed by atoms with Gasteiger partial charge in [-0.1, -0.05) is 0 Å². The van der Waals surface area contributed by atoms with E-state index in [9.17, 15) is 14.9 Å². The van der Waals surface area contributed by atoms with Gasteiger partial charge in [-0.3, -0.25) is 14.9 Å². The first-order valence-electron chi connectivity index (χ1n) is 10.8. The fourth-order valence-corrected chi connectivity index (χ4v) is 3.96. The highest BCUT2D eigenvalue weighted by molar-refractivity contribution is 5.95. The number of aromatic nitrogens is 2. The number of carbonyl (C=O) groups is 1. The van der Waals surface area contributed by atoms with E-state index in [1.165, 1.54) is 12.1 Å². The lowest BCUT2D eigenvalue weighted by Gasteiger charge is -2.35. The minimum absolute atomic E-state index is 0.0106. The zero-order valence-corrected chi connectivity index (χ0v) is 19.2. The first-order valence-corrected chi connectivity index (χ1v) is 10.8. The maximum atomic E-state index is 12.9. The fourth-order valence-electron chi connectivity index (χ4n) is 3.96. The molecule has 0 atom stereocenters. The van der Waals surface area contributed by atoms with Crippen molar-refractivity contribution in [2.75, 3.05) is 45.3 Å². The van der Waals surface area contributed by atoms with E-state index < -0.39 is 4.92 Å². The summed E-state index contributed by atoms with van der Waals surface area (Å²) in [6.07, 6.45) is 0. The lowest BCUT2D eigenvalue weighted by atomic mass is 10.1. The number of nitro groups is 1. The van der Waals surface area contributed by atoms with Crippen molar-refractivity contribution in [1.29, 1.82) is 0 Å². The molecule has 2 aromatic carbocycles. The SMILES string of the molecule is COc1ccc(-c2ccc(N3CCN(C(=O)c4ccc([N+](=O)[O-])c(C)c4)CC3)nn2)cc1OC. The van der Waals surface area contributed by atoms with Crippen LogP contribution in [0.5, 0.6) is 11.5 Å². The van der Waals surface area contributed by atoms with Crippen LogP contribution in [0.3, 0.4) is 0 Å². The van der Waals surface area contributed by atoms with E-state index in [0.717, 1.165) is 11.4 Å². The number of aryl methyl sites for hydroxylation is 1. The summed E-state index contributed by atoms with van der Waals surface area (Å²) >= 11 is 0. The summed E-state index contributed by atoms with van der Waals surface area (Å²) in [7, 11) is 3.18. The van der Waals surface area contributed by atoms with E-state index in [2.05, 4.69) is 15.1 Å². The number of rotatable bonds is 6. The molecule has 1 saturated heterocycles. The van der Waals surface area contributed by atoms with Crippen molar-refractivity contribution in [3.8, 4) is 22.8 Å². The number of ether oxygens (including phenoxy) is 2. The highest BCUT2D eigenvalue weighted by Gasteiger charge is 2.24. The molecular formula is C24H25N5O5. The Labute approximate surface area is 196 Å². The number of carbonyl (C=O) groups excluding carboxylic acids is 1. The smallest absolute Gasteiger partial charge is 0.272 e. The Bertz CT molecular complexity index is 1210. The van der Waals surface area contributed by atoms with E-state index >= 15 is 0 Å². The Hall–Kier alpha value is -4.21. The van der Waals surface area contributed by atoms with Crippen LogP contribution in [0.4, 0.5) is 11.5 Å². The second-order valence-corrected chi connectivity index (χ2v) is 7.88. The van der Waals surface area contributed by atoms with Gasteiger partial charge < -0.3 is 19.3 Å². The van der Waals surface area contributed by atoms with Crippen LogP contribution in [0.2, 0.25) is 0 Å². The maximum Gasteiger partial charge on any atom is 0.272 e. The first kappa shape index (κ1) is 23.0. The molecule has 10 heteroatoms. The second kappa shape index (κ2) is 9.74. The highest BCUT2D eigenvalue weighted by Crippen LogP contribution is 2.31. The first-order chi connectivity index (χ1) is 16.4. The minimum atomic E-state index is -0.445. The third kappa shape index (κ3) is 4.61. The van der Waals surface area contributed by atoms with Gasteiger partial charge >= 0.3 is 0 Å². The van der Waals surface area contributed by atoms with Gasteiger partial charge in [0.25, 0.3) is 11.6 Å². The third-order valence-corrected chi connectivity index (χ3v) is 5.86. The zero-order valence-electron chi connectivity index (χ0n) is 19.2. The summed E-state index contributed by atoms with van der Waals surface area (Å²) in [5.74, 6) is 1.87. The van der Waals surface area contributed by atoms with Crippen LogP contribution >= 0.6 is 0 Å². The van der Waals surface area contributed by atoms with Crippen molar-refractivity contribution in [1.82, 2.24) is 15.1 Å². The molecule has 0 radical (unpaired) electrons. The number of hydrogen-bond donors (Lipinski definition) is 0. The van der Waals surface area contributed by atoms with Gasteiger partial charge in [-0.15, -0.1) is 10.2 Å². The maximum absolute atomic E-state index is 12.9. The molecule has 0 spiro atoms. The van der Waals surface area contributed by atoms with Gasteiger partial charge in [0.2, 0.25) is 0 Å². The van der Waals surface area contributed by atoms with Crippen molar-refractivity contribution in [2.45, 2.75) is 6.92 Å². The summed E-state index contributed by atoms with van der Waals surface area (Å²) in [5.41, 5.74) is 2.52. The predicted octanol–water partition coefficient (Wildman–Crippen LogP) is 3.34. The molecule has 1 amide bonds. The van der Waals surface area contributed by atoms with Crippen molar-refractivity contribution in [2.24, 2.45) is 0 Å². The predicted molar refractivity (Wildman–Crippen MR) is 127 cm³/mol. The average Bonchev–Trinajstić information content (AvgIpc) is 2.87. The van der Waals surface area contributed by atoms with Crippen LogP contribution < -0.4 is 14.4 Å². The number of piperazine rings is 1. The third-order valence-electron chi connectivity index (χ3n) is 5.86. The van der Waals surface area contributed by atoms with E-state index in [-0.39, 0.29) is 11.6 Å². The molecule has 0 unspecified atom stereocenters. The fraction of sp³-hybridized carbons (Fsp3) is 0.292. The Kier molecular flexibility index (Phi) is 6.58. The van der Waals surface area contributed by atoms with E-state index in [1.807, 2.05) is 30.3 Å². The van der Waals surface area contributed by atoms with Crippen molar-refractivity contribution in [3.05, 3.63) is 69.8 Å². The molecule has 176 valence electrons. The number of methoxy groups -OCH3 is 2. The van der Waals surface area contributed by atoms with E-state index in [4.69, 9.17) is 9.47 Å². The molecule has 1 aromatic heterocycles. The Morgan fingerprint density at radius 1 is 0.941 bits per heavy atom. The van der Waals surface area contributed by atoms with E-state index in [1.54, 1.807) is 32.1 Å². The molecule has 0 bridgehead atoms. The van der Waals surface area contributed by atoms with Gasteiger partial charge in [-0.2, -0.15) is 0 Å². The summed E-state index contributed by atoms with van der Waals surface area (Å²) in [4.78, 5) is 27.3. The lowest BCUT2D eigenvalue weighted by molar-refractivity contribution is -0.385. The summed E-state index contributed by atoms with van der Waals surface area (Å²) in [5, 5.41) is 19.8. The number of amides is 1. The molecule has 4 rings (SSSR count). The molecule has 3 aromatic rings. The van der Waals surface area contributed by atoms with Crippen LogP contribution in [0, 0.1) is 17.0 Å². The highest BCUT2D eigenvalue weighted by atomic mass is 16.6. The molecule has 1 aliphatic rings. The lowest BCUT2D eigenvalue weighted by Crippen LogP contribution is -2.49. The van der Waals surface area contributed by atoms with Gasteiger partial charge in [0.15, 0.2) is 17.3 Å². The number of anilines is 1. The molecule has 0 aliphatic carbocycles. The number of benzene rings is 2. The van der Waals surface area contributed by atoms with Crippen LogP contribution in [-0.2, 0) is 0 Å². The Morgan fingerprint density at radius 3 is 2.26 bits per heavy atom. The number of hydrogen-bond acceptors (Lipinski definition) is 8. The van der Waals surface area contributed by atoms with Gasteiger partial charge in [0, 0.05) is 48.9 Å². The van der Waals surface area contributed by atoms with Crippen LogP contribution in [0.25, 0.3) is 11.3 Å². The molecular weight excluding hydrogens is 438 g/mol. The van der Waals surface area contributed by atoms with Gasteiger partial charge in [0.1, 0.15) is 0 Å². The van der Waals surface area contributed by atoms with E-state index in [0.29, 0.717) is 54.5 Å². The van der Waals surface area contributed by atoms with Gasteiger partial charge in [0.05, 0.1) is 24.8 Å². The Balaban J connectivity index is 1.40. The number of nitro benzene ring substituents is 1.